The van der Waals surface area contributed by atoms with Gasteiger partial charge in [0.25, 0.3) is 0 Å². The Morgan fingerprint density at radius 3 is 1.71 bits per heavy atom. The number of ether oxygens (including phenoxy) is 4. The highest BCUT2D eigenvalue weighted by Crippen LogP contribution is 2.32. The van der Waals surface area contributed by atoms with Crippen molar-refractivity contribution >= 4 is 38.5 Å². The van der Waals surface area contributed by atoms with E-state index in [1.807, 2.05) is 36.4 Å². The van der Waals surface area contributed by atoms with E-state index in [0.717, 1.165) is 43.9 Å². The fourth-order valence-corrected chi connectivity index (χ4v) is 3.27. The summed E-state index contributed by atoms with van der Waals surface area (Å²) < 4.78 is 21.6. The molecule has 0 aliphatic carbocycles. The number of alkyl halides is 2. The zero-order valence-electron chi connectivity index (χ0n) is 14.3. The number of benzene rings is 2. The number of rotatable bonds is 6. The smallest absolute Gasteiger partial charge is 0.164 e. The summed E-state index contributed by atoms with van der Waals surface area (Å²) in [6, 6.07) is 11.6. The molecule has 0 radical (unpaired) electrons. The van der Waals surface area contributed by atoms with Gasteiger partial charge in [-0.1, -0.05) is 56.7 Å². The molecule has 0 saturated heterocycles. The van der Waals surface area contributed by atoms with Gasteiger partial charge in [0.2, 0.25) is 0 Å². The zero-order chi connectivity index (χ0) is 17.9. The van der Waals surface area contributed by atoms with Gasteiger partial charge in [-0.2, -0.15) is 0 Å². The Morgan fingerprint density at radius 1 is 0.792 bits per heavy atom. The molecule has 2 aromatic rings. The van der Waals surface area contributed by atoms with Crippen LogP contribution in [0.5, 0.6) is 23.0 Å². The number of hydrogen-bond acceptors (Lipinski definition) is 4. The molecule has 24 heavy (non-hydrogen) atoms. The van der Waals surface area contributed by atoms with Crippen LogP contribution in [0.25, 0.3) is 0 Å². The summed E-state index contributed by atoms with van der Waals surface area (Å²) in [5, 5.41) is 0.736. The summed E-state index contributed by atoms with van der Waals surface area (Å²) in [6.07, 6.45) is 0. The molecule has 0 atom stereocenters. The van der Waals surface area contributed by atoms with E-state index in [1.165, 1.54) is 0 Å². The van der Waals surface area contributed by atoms with Gasteiger partial charge in [-0.15, -0.1) is 0 Å². The summed E-state index contributed by atoms with van der Waals surface area (Å²) in [7, 11) is 6.62. The highest BCUT2D eigenvalue weighted by molar-refractivity contribution is 14.1. The molecule has 0 aliphatic rings. The summed E-state index contributed by atoms with van der Waals surface area (Å²) in [5.41, 5.74) is 2.21. The van der Waals surface area contributed by atoms with Gasteiger partial charge in [-0.3, -0.25) is 0 Å². The van der Waals surface area contributed by atoms with Crippen molar-refractivity contribution in [2.45, 2.75) is 9.76 Å². The summed E-state index contributed by atoms with van der Waals surface area (Å²) in [4.78, 5) is 0. The van der Waals surface area contributed by atoms with Crippen LogP contribution in [-0.2, 0) is 9.76 Å². The molecule has 0 aromatic heterocycles. The fraction of sp³-hybridized carbons (Fsp3) is 0.333. The third-order valence-corrected chi connectivity index (χ3v) is 4.67. The minimum absolute atomic E-state index is 0.736. The van der Waals surface area contributed by atoms with Crippen molar-refractivity contribution in [2.24, 2.45) is 0 Å². The van der Waals surface area contributed by atoms with Gasteiger partial charge in [-0.05, 0) is 18.2 Å². The summed E-state index contributed by atoms with van der Waals surface area (Å²) >= 11 is 5.68. The van der Waals surface area contributed by atoms with Crippen LogP contribution in [0.15, 0.2) is 36.4 Å². The van der Waals surface area contributed by atoms with Crippen LogP contribution in [0.4, 0.5) is 0 Å². The molecule has 0 fully saturated rings. The third-order valence-electron chi connectivity index (χ3n) is 3.29. The van der Waals surface area contributed by atoms with Gasteiger partial charge in [0.15, 0.2) is 11.5 Å². The zero-order valence-corrected chi connectivity index (χ0v) is 18.0. The summed E-state index contributed by atoms with van der Waals surface area (Å²) in [6.45, 7) is 0. The van der Waals surface area contributed by atoms with Crippen LogP contribution < -0.4 is 18.9 Å². The average molecular weight is 509 g/mol. The number of halogens is 2. The monoisotopic (exact) mass is 508 g/mol. The van der Waals surface area contributed by atoms with E-state index in [1.54, 1.807) is 28.4 Å². The van der Waals surface area contributed by atoms with E-state index in [0.29, 0.717) is 0 Å². The van der Waals surface area contributed by atoms with E-state index < -0.39 is 0 Å². The van der Waals surface area contributed by atoms with Crippen LogP contribution in [0.2, 0.25) is 0 Å². The lowest BCUT2D eigenvalue weighted by Gasteiger charge is -2.10. The molecule has 0 amide bonds. The molecule has 0 unspecified atom stereocenters. The van der Waals surface area contributed by atoms with Crippen molar-refractivity contribution in [3.63, 3.8) is 0 Å². The average Bonchev–Trinajstić information content (AvgIpc) is 2.66. The standard InChI is InChI=1S/C9H11BrO2.C9H11IO2/c1-11-8-4-3-5-9(12-2)7(8)6-10;1-11-8-5-3-4-7(6-10)9(8)12-2/h2*3-5H,6H2,1-2H3. The topological polar surface area (TPSA) is 36.9 Å². The Kier molecular flexibility index (Phi) is 9.94. The van der Waals surface area contributed by atoms with Gasteiger partial charge >= 0.3 is 0 Å². The Morgan fingerprint density at radius 2 is 1.29 bits per heavy atom. The molecular weight excluding hydrogens is 487 g/mol. The molecule has 0 N–H and O–H groups in total. The van der Waals surface area contributed by atoms with Crippen molar-refractivity contribution in [3.8, 4) is 23.0 Å². The van der Waals surface area contributed by atoms with Crippen molar-refractivity contribution < 1.29 is 18.9 Å². The number of para-hydroxylation sites is 1. The molecule has 0 heterocycles. The van der Waals surface area contributed by atoms with Crippen LogP contribution in [0.1, 0.15) is 11.1 Å². The minimum atomic E-state index is 0.736. The third kappa shape index (κ3) is 5.44. The van der Waals surface area contributed by atoms with Gasteiger partial charge in [0, 0.05) is 20.9 Å². The second-order valence-corrected chi connectivity index (χ2v) is 5.88. The van der Waals surface area contributed by atoms with Crippen molar-refractivity contribution in [3.05, 3.63) is 47.5 Å². The van der Waals surface area contributed by atoms with Crippen LogP contribution in [-0.4, -0.2) is 28.4 Å². The second kappa shape index (κ2) is 11.4. The van der Waals surface area contributed by atoms with E-state index in [4.69, 9.17) is 18.9 Å². The van der Waals surface area contributed by atoms with E-state index in [2.05, 4.69) is 38.5 Å². The normalized spacial score (nSPS) is 9.58. The lowest BCUT2D eigenvalue weighted by molar-refractivity contribution is 0.353. The molecule has 0 aliphatic heterocycles. The molecular formula is C18H22BrIO4. The molecule has 2 rings (SSSR count). The Bertz CT molecular complexity index is 534. The lowest BCUT2D eigenvalue weighted by atomic mass is 10.2. The predicted molar refractivity (Wildman–Crippen MR) is 109 cm³/mol. The van der Waals surface area contributed by atoms with Gasteiger partial charge < -0.3 is 18.9 Å². The van der Waals surface area contributed by atoms with Gasteiger partial charge in [-0.25, -0.2) is 0 Å². The quantitative estimate of drug-likeness (QED) is 0.395. The van der Waals surface area contributed by atoms with E-state index >= 15 is 0 Å². The molecule has 2 aromatic carbocycles. The molecule has 132 valence electrons. The highest BCUT2D eigenvalue weighted by Gasteiger charge is 2.07. The molecule has 4 nitrogen and oxygen atoms in total. The molecule has 0 bridgehead atoms. The van der Waals surface area contributed by atoms with Gasteiger partial charge in [0.1, 0.15) is 11.5 Å². The molecule has 6 heteroatoms. The van der Waals surface area contributed by atoms with E-state index in [9.17, 15) is 0 Å². The Balaban J connectivity index is 0.000000240. The van der Waals surface area contributed by atoms with Crippen molar-refractivity contribution in [2.75, 3.05) is 28.4 Å². The second-order valence-electron chi connectivity index (χ2n) is 4.56. The first-order chi connectivity index (χ1) is 11.7. The maximum atomic E-state index is 5.23. The first-order valence-corrected chi connectivity index (χ1v) is 9.83. The first-order valence-electron chi connectivity index (χ1n) is 7.18. The maximum Gasteiger partial charge on any atom is 0.164 e. The lowest BCUT2D eigenvalue weighted by Crippen LogP contribution is -1.93. The number of methoxy groups -OCH3 is 4. The number of hydrogen-bond donors (Lipinski definition) is 0. The molecule has 0 saturated carbocycles. The van der Waals surface area contributed by atoms with Crippen LogP contribution in [0, 0.1) is 0 Å². The fourth-order valence-electron chi connectivity index (χ4n) is 2.12. The summed E-state index contributed by atoms with van der Waals surface area (Å²) in [5.74, 6) is 3.35. The van der Waals surface area contributed by atoms with Crippen molar-refractivity contribution in [1.29, 1.82) is 0 Å². The Hall–Kier alpha value is -1.15. The first kappa shape index (κ1) is 20.9. The predicted octanol–water partition coefficient (Wildman–Crippen LogP) is 5.24. The highest BCUT2D eigenvalue weighted by atomic mass is 127. The van der Waals surface area contributed by atoms with Crippen LogP contribution >= 0.6 is 38.5 Å². The molecule has 0 spiro atoms. The van der Waals surface area contributed by atoms with E-state index in [-0.39, 0.29) is 0 Å². The maximum absolute atomic E-state index is 5.23. The van der Waals surface area contributed by atoms with Crippen molar-refractivity contribution in [1.82, 2.24) is 0 Å². The van der Waals surface area contributed by atoms with Gasteiger partial charge in [0.05, 0.1) is 28.4 Å². The van der Waals surface area contributed by atoms with Crippen LogP contribution in [0.3, 0.4) is 0 Å². The largest absolute Gasteiger partial charge is 0.496 e. The SMILES string of the molecule is COc1cccc(CI)c1OC.COc1cccc(OC)c1CBr. The minimum Gasteiger partial charge on any atom is -0.496 e. The Labute approximate surface area is 165 Å².